The van der Waals surface area contributed by atoms with Crippen LogP contribution in [0.4, 0.5) is 0 Å². The molecular weight excluding hydrogens is 238 g/mol. The summed E-state index contributed by atoms with van der Waals surface area (Å²) < 4.78 is 11.5. The van der Waals surface area contributed by atoms with E-state index in [9.17, 15) is 0 Å². The predicted molar refractivity (Wildman–Crippen MR) is 77.1 cm³/mol. The first-order valence-electron chi connectivity index (χ1n) is 7.22. The van der Waals surface area contributed by atoms with Gasteiger partial charge in [-0.2, -0.15) is 0 Å². The maximum absolute atomic E-state index is 6.22. The molecule has 1 fully saturated rings. The van der Waals surface area contributed by atoms with Crippen molar-refractivity contribution in [1.29, 1.82) is 0 Å². The maximum atomic E-state index is 6.22. The molecule has 0 aliphatic carbocycles. The summed E-state index contributed by atoms with van der Waals surface area (Å²) in [6.45, 7) is 6.63. The van der Waals surface area contributed by atoms with Gasteiger partial charge in [-0.15, -0.1) is 0 Å². The van der Waals surface area contributed by atoms with Crippen LogP contribution in [0.25, 0.3) is 0 Å². The standard InChI is InChI=1S/C16H25NO2/c1-3-15(17)16(14-6-4-12(2)5-7-14)19-11-13-8-9-18-10-13/h4-7,13,15-16H,3,8-11,17H2,1-2H3. The summed E-state index contributed by atoms with van der Waals surface area (Å²) in [6, 6.07) is 8.53. The lowest BCUT2D eigenvalue weighted by molar-refractivity contribution is 0.00948. The second-order valence-electron chi connectivity index (χ2n) is 5.47. The van der Waals surface area contributed by atoms with Crippen LogP contribution >= 0.6 is 0 Å². The molecule has 0 spiro atoms. The van der Waals surface area contributed by atoms with E-state index in [0.717, 1.165) is 32.7 Å². The highest BCUT2D eigenvalue weighted by Gasteiger charge is 2.22. The molecule has 1 heterocycles. The second-order valence-corrected chi connectivity index (χ2v) is 5.47. The van der Waals surface area contributed by atoms with Crippen LogP contribution < -0.4 is 5.73 Å². The molecule has 1 saturated heterocycles. The molecule has 3 unspecified atom stereocenters. The zero-order chi connectivity index (χ0) is 13.7. The summed E-state index contributed by atoms with van der Waals surface area (Å²) in [5, 5.41) is 0. The van der Waals surface area contributed by atoms with Gasteiger partial charge in [0, 0.05) is 18.6 Å². The van der Waals surface area contributed by atoms with Crippen molar-refractivity contribution in [2.75, 3.05) is 19.8 Å². The van der Waals surface area contributed by atoms with Crippen molar-refractivity contribution in [2.24, 2.45) is 11.7 Å². The molecule has 1 aliphatic rings. The Balaban J connectivity index is 2.00. The van der Waals surface area contributed by atoms with E-state index in [1.807, 2.05) is 0 Å². The number of hydrogen-bond acceptors (Lipinski definition) is 3. The van der Waals surface area contributed by atoms with Crippen molar-refractivity contribution in [3.63, 3.8) is 0 Å². The Hall–Kier alpha value is -0.900. The number of benzene rings is 1. The van der Waals surface area contributed by atoms with Crippen LogP contribution in [0, 0.1) is 12.8 Å². The van der Waals surface area contributed by atoms with Gasteiger partial charge in [0.25, 0.3) is 0 Å². The monoisotopic (exact) mass is 263 g/mol. The molecule has 1 aromatic rings. The van der Waals surface area contributed by atoms with Crippen molar-refractivity contribution in [3.05, 3.63) is 35.4 Å². The number of ether oxygens (including phenoxy) is 2. The van der Waals surface area contributed by atoms with E-state index in [1.165, 1.54) is 11.1 Å². The van der Waals surface area contributed by atoms with E-state index >= 15 is 0 Å². The van der Waals surface area contributed by atoms with Crippen molar-refractivity contribution in [3.8, 4) is 0 Å². The Morgan fingerprint density at radius 1 is 1.37 bits per heavy atom. The molecule has 0 saturated carbocycles. The average molecular weight is 263 g/mol. The molecule has 3 atom stereocenters. The molecule has 3 heteroatoms. The van der Waals surface area contributed by atoms with Gasteiger partial charge in [-0.1, -0.05) is 36.8 Å². The zero-order valence-corrected chi connectivity index (χ0v) is 12.0. The van der Waals surface area contributed by atoms with Gasteiger partial charge < -0.3 is 15.2 Å². The molecule has 0 bridgehead atoms. The summed E-state index contributed by atoms with van der Waals surface area (Å²) in [4.78, 5) is 0. The van der Waals surface area contributed by atoms with Gasteiger partial charge in [0.1, 0.15) is 0 Å². The molecule has 2 N–H and O–H groups in total. The average Bonchev–Trinajstić information content (AvgIpc) is 2.93. The SMILES string of the molecule is CCC(N)C(OCC1CCOC1)c1ccc(C)cc1. The van der Waals surface area contributed by atoms with E-state index in [4.69, 9.17) is 15.2 Å². The van der Waals surface area contributed by atoms with Crippen molar-refractivity contribution in [2.45, 2.75) is 38.8 Å². The van der Waals surface area contributed by atoms with Crippen LogP contribution in [0.5, 0.6) is 0 Å². The van der Waals surface area contributed by atoms with E-state index in [0.29, 0.717) is 5.92 Å². The van der Waals surface area contributed by atoms with E-state index in [2.05, 4.69) is 38.1 Å². The van der Waals surface area contributed by atoms with Crippen molar-refractivity contribution >= 4 is 0 Å². The van der Waals surface area contributed by atoms with Crippen molar-refractivity contribution in [1.82, 2.24) is 0 Å². The highest BCUT2D eigenvalue weighted by Crippen LogP contribution is 2.24. The molecule has 106 valence electrons. The number of hydrogen-bond donors (Lipinski definition) is 1. The summed E-state index contributed by atoms with van der Waals surface area (Å²) in [5.74, 6) is 0.525. The Kier molecular flexibility index (Phi) is 5.37. The Bertz CT molecular complexity index is 371. The summed E-state index contributed by atoms with van der Waals surface area (Å²) in [7, 11) is 0. The first-order valence-corrected chi connectivity index (χ1v) is 7.22. The summed E-state index contributed by atoms with van der Waals surface area (Å²) >= 11 is 0. The molecular formula is C16H25NO2. The Labute approximate surface area is 116 Å². The number of nitrogens with two attached hydrogens (primary N) is 1. The lowest BCUT2D eigenvalue weighted by Crippen LogP contribution is -2.31. The molecule has 1 aromatic carbocycles. The minimum Gasteiger partial charge on any atom is -0.381 e. The molecule has 3 nitrogen and oxygen atoms in total. The van der Waals surface area contributed by atoms with Gasteiger partial charge in [-0.3, -0.25) is 0 Å². The minimum atomic E-state index is -0.00815. The van der Waals surface area contributed by atoms with Gasteiger partial charge in [0.15, 0.2) is 0 Å². The lowest BCUT2D eigenvalue weighted by atomic mass is 9.99. The van der Waals surface area contributed by atoms with E-state index in [-0.39, 0.29) is 12.1 Å². The smallest absolute Gasteiger partial charge is 0.0975 e. The highest BCUT2D eigenvalue weighted by molar-refractivity contribution is 5.24. The molecule has 2 rings (SSSR count). The largest absolute Gasteiger partial charge is 0.381 e. The third kappa shape index (κ3) is 4.03. The fourth-order valence-corrected chi connectivity index (χ4v) is 2.39. The first-order chi connectivity index (χ1) is 9.20. The van der Waals surface area contributed by atoms with E-state index in [1.54, 1.807) is 0 Å². The van der Waals surface area contributed by atoms with E-state index < -0.39 is 0 Å². The lowest BCUT2D eigenvalue weighted by Gasteiger charge is -2.25. The van der Waals surface area contributed by atoms with Gasteiger partial charge in [0.05, 0.1) is 19.3 Å². The molecule has 0 radical (unpaired) electrons. The quantitative estimate of drug-likeness (QED) is 0.858. The van der Waals surface area contributed by atoms with Crippen LogP contribution in [0.15, 0.2) is 24.3 Å². The Morgan fingerprint density at radius 2 is 2.11 bits per heavy atom. The van der Waals surface area contributed by atoms with Gasteiger partial charge in [0.2, 0.25) is 0 Å². The van der Waals surface area contributed by atoms with Crippen LogP contribution in [0.1, 0.15) is 37.0 Å². The van der Waals surface area contributed by atoms with Crippen LogP contribution in [-0.2, 0) is 9.47 Å². The fourth-order valence-electron chi connectivity index (χ4n) is 2.39. The number of rotatable bonds is 6. The maximum Gasteiger partial charge on any atom is 0.0975 e. The topological polar surface area (TPSA) is 44.5 Å². The van der Waals surface area contributed by atoms with Crippen molar-refractivity contribution < 1.29 is 9.47 Å². The highest BCUT2D eigenvalue weighted by atomic mass is 16.5. The van der Waals surface area contributed by atoms with Crippen LogP contribution in [-0.4, -0.2) is 25.9 Å². The molecule has 1 aliphatic heterocycles. The van der Waals surface area contributed by atoms with Gasteiger partial charge in [-0.25, -0.2) is 0 Å². The third-order valence-electron chi connectivity index (χ3n) is 3.80. The Morgan fingerprint density at radius 3 is 2.68 bits per heavy atom. The second kappa shape index (κ2) is 7.04. The predicted octanol–water partition coefficient (Wildman–Crippen LogP) is 2.83. The summed E-state index contributed by atoms with van der Waals surface area (Å²) in [6.07, 6.45) is 2.01. The molecule has 0 aromatic heterocycles. The zero-order valence-electron chi connectivity index (χ0n) is 12.0. The third-order valence-corrected chi connectivity index (χ3v) is 3.80. The van der Waals surface area contributed by atoms with Gasteiger partial charge >= 0.3 is 0 Å². The van der Waals surface area contributed by atoms with Crippen LogP contribution in [0.2, 0.25) is 0 Å². The van der Waals surface area contributed by atoms with Gasteiger partial charge in [-0.05, 0) is 25.3 Å². The first kappa shape index (κ1) is 14.5. The normalized spacial score (nSPS) is 22.4. The minimum absolute atomic E-state index is 0.00815. The molecule has 0 amide bonds. The van der Waals surface area contributed by atoms with Crippen LogP contribution in [0.3, 0.4) is 0 Å². The fraction of sp³-hybridized carbons (Fsp3) is 0.625. The summed E-state index contributed by atoms with van der Waals surface area (Å²) in [5.41, 5.74) is 8.66. The molecule has 19 heavy (non-hydrogen) atoms. The number of aryl methyl sites for hydroxylation is 1.